The smallest absolute Gasteiger partial charge is 0.410 e. The highest BCUT2D eigenvalue weighted by Crippen LogP contribution is 2.46. The first-order valence-electron chi connectivity index (χ1n) is 7.70. The Morgan fingerprint density at radius 2 is 2.00 bits per heavy atom. The third-order valence-electron chi connectivity index (χ3n) is 4.64. The van der Waals surface area contributed by atoms with Crippen molar-refractivity contribution in [3.63, 3.8) is 0 Å². The highest BCUT2D eigenvalue weighted by molar-refractivity contribution is 5.87. The van der Waals surface area contributed by atoms with Crippen LogP contribution in [0.4, 0.5) is 4.79 Å². The third kappa shape index (κ3) is 2.70. The average Bonchev–Trinajstić information content (AvgIpc) is 2.46. The van der Waals surface area contributed by atoms with Gasteiger partial charge < -0.3 is 9.64 Å². The fourth-order valence-corrected chi connectivity index (χ4v) is 3.75. The number of ketones is 1. The minimum absolute atomic E-state index is 0.00218. The standard InChI is InChI=1S/C16H27NO3/c1-11-10-16(5)12(8-6-7-9-13(16)18)17(11)14(19)20-15(2,3)4/h11-12H,6-10H2,1-5H3/t11-,12+,16+/m1/s1. The van der Waals surface area contributed by atoms with E-state index in [9.17, 15) is 9.59 Å². The summed E-state index contributed by atoms with van der Waals surface area (Å²) in [7, 11) is 0. The molecule has 1 saturated carbocycles. The molecule has 3 atom stereocenters. The predicted octanol–water partition coefficient (Wildman–Crippen LogP) is 3.53. The number of ether oxygens (including phenoxy) is 1. The van der Waals surface area contributed by atoms with E-state index in [-0.39, 0.29) is 23.6 Å². The minimum atomic E-state index is -0.496. The van der Waals surface area contributed by atoms with Crippen LogP contribution in [0.15, 0.2) is 0 Å². The Balaban J connectivity index is 2.25. The van der Waals surface area contributed by atoms with Crippen LogP contribution in [0.25, 0.3) is 0 Å². The van der Waals surface area contributed by atoms with E-state index in [1.54, 1.807) is 0 Å². The molecule has 20 heavy (non-hydrogen) atoms. The lowest BCUT2D eigenvalue weighted by molar-refractivity contribution is -0.128. The minimum Gasteiger partial charge on any atom is -0.444 e. The second kappa shape index (κ2) is 5.05. The van der Waals surface area contributed by atoms with Gasteiger partial charge in [-0.2, -0.15) is 0 Å². The molecule has 1 aliphatic carbocycles. The number of rotatable bonds is 0. The Labute approximate surface area is 121 Å². The van der Waals surface area contributed by atoms with E-state index < -0.39 is 5.60 Å². The van der Waals surface area contributed by atoms with E-state index >= 15 is 0 Å². The Kier molecular flexibility index (Phi) is 3.87. The number of carbonyl (C=O) groups excluding carboxylic acids is 2. The molecular formula is C16H27NO3. The van der Waals surface area contributed by atoms with Crippen LogP contribution in [-0.2, 0) is 9.53 Å². The molecule has 2 rings (SSSR count). The van der Waals surface area contributed by atoms with Crippen molar-refractivity contribution in [3.05, 3.63) is 0 Å². The van der Waals surface area contributed by atoms with Crippen molar-refractivity contribution < 1.29 is 14.3 Å². The summed E-state index contributed by atoms with van der Waals surface area (Å²) >= 11 is 0. The molecule has 1 amide bonds. The van der Waals surface area contributed by atoms with Gasteiger partial charge in [0.25, 0.3) is 0 Å². The van der Waals surface area contributed by atoms with Gasteiger partial charge in [0.2, 0.25) is 0 Å². The molecule has 114 valence electrons. The lowest BCUT2D eigenvalue weighted by Gasteiger charge is -2.34. The SMILES string of the molecule is C[C@@H]1C[C@]2(C)C(=O)CCCC[C@@H]2N1C(=O)OC(C)(C)C. The fourth-order valence-electron chi connectivity index (χ4n) is 3.75. The van der Waals surface area contributed by atoms with Crippen LogP contribution in [0.2, 0.25) is 0 Å². The molecule has 0 unspecified atom stereocenters. The number of likely N-dealkylation sites (tertiary alicyclic amines) is 1. The van der Waals surface area contributed by atoms with Crippen LogP contribution in [0.5, 0.6) is 0 Å². The largest absolute Gasteiger partial charge is 0.444 e. The number of amides is 1. The van der Waals surface area contributed by atoms with E-state index in [4.69, 9.17) is 4.74 Å². The van der Waals surface area contributed by atoms with E-state index in [1.165, 1.54) is 0 Å². The summed E-state index contributed by atoms with van der Waals surface area (Å²) in [6, 6.07) is 0.0734. The molecular weight excluding hydrogens is 254 g/mol. The van der Waals surface area contributed by atoms with Gasteiger partial charge >= 0.3 is 6.09 Å². The predicted molar refractivity (Wildman–Crippen MR) is 77.5 cm³/mol. The van der Waals surface area contributed by atoms with Gasteiger partial charge in [0.15, 0.2) is 0 Å². The number of hydrogen-bond donors (Lipinski definition) is 0. The maximum Gasteiger partial charge on any atom is 0.410 e. The van der Waals surface area contributed by atoms with E-state index in [0.29, 0.717) is 12.2 Å². The van der Waals surface area contributed by atoms with E-state index in [0.717, 1.165) is 25.7 Å². The van der Waals surface area contributed by atoms with E-state index in [1.807, 2.05) is 39.5 Å². The van der Waals surface area contributed by atoms with Crippen molar-refractivity contribution in [1.82, 2.24) is 4.90 Å². The van der Waals surface area contributed by atoms with Crippen molar-refractivity contribution in [1.29, 1.82) is 0 Å². The van der Waals surface area contributed by atoms with Crippen LogP contribution in [-0.4, -0.2) is 34.5 Å². The molecule has 1 heterocycles. The zero-order chi connectivity index (χ0) is 15.1. The number of hydrogen-bond acceptors (Lipinski definition) is 3. The Bertz CT molecular complexity index is 412. The molecule has 2 aliphatic rings. The van der Waals surface area contributed by atoms with Crippen LogP contribution >= 0.6 is 0 Å². The van der Waals surface area contributed by atoms with Gasteiger partial charge in [0.1, 0.15) is 11.4 Å². The molecule has 0 aromatic heterocycles. The molecule has 0 aromatic carbocycles. The van der Waals surface area contributed by atoms with E-state index in [2.05, 4.69) is 0 Å². The molecule has 0 aromatic rings. The normalized spacial score (nSPS) is 34.6. The van der Waals surface area contributed by atoms with Crippen molar-refractivity contribution in [2.24, 2.45) is 5.41 Å². The van der Waals surface area contributed by atoms with Crippen LogP contribution in [0.1, 0.15) is 66.7 Å². The maximum absolute atomic E-state index is 12.5. The molecule has 0 N–H and O–H groups in total. The fraction of sp³-hybridized carbons (Fsp3) is 0.875. The summed E-state index contributed by atoms with van der Waals surface area (Å²) < 4.78 is 5.54. The highest BCUT2D eigenvalue weighted by atomic mass is 16.6. The second-order valence-electron chi connectivity index (χ2n) is 7.54. The van der Waals surface area contributed by atoms with Crippen molar-refractivity contribution in [2.75, 3.05) is 0 Å². The van der Waals surface area contributed by atoms with Gasteiger partial charge in [-0.05, 0) is 47.0 Å². The van der Waals surface area contributed by atoms with Gasteiger partial charge in [0.05, 0.1) is 0 Å². The maximum atomic E-state index is 12.5. The summed E-state index contributed by atoms with van der Waals surface area (Å²) in [6.45, 7) is 9.69. The number of carbonyl (C=O) groups is 2. The van der Waals surface area contributed by atoms with Crippen LogP contribution in [0.3, 0.4) is 0 Å². The Hall–Kier alpha value is -1.06. The highest BCUT2D eigenvalue weighted by Gasteiger charge is 2.54. The molecule has 1 aliphatic heterocycles. The topological polar surface area (TPSA) is 46.6 Å². The van der Waals surface area contributed by atoms with Gasteiger partial charge in [0, 0.05) is 23.9 Å². The Morgan fingerprint density at radius 3 is 2.60 bits per heavy atom. The number of nitrogens with zero attached hydrogens (tertiary/aromatic N) is 1. The molecule has 1 saturated heterocycles. The number of fused-ring (bicyclic) bond motifs is 1. The summed E-state index contributed by atoms with van der Waals surface area (Å²) in [5, 5.41) is 0. The number of Topliss-reactive ketones (excluding diaryl/α,β-unsaturated/α-hetero) is 1. The van der Waals surface area contributed by atoms with Crippen LogP contribution < -0.4 is 0 Å². The zero-order valence-electron chi connectivity index (χ0n) is 13.4. The van der Waals surface area contributed by atoms with Crippen molar-refractivity contribution in [3.8, 4) is 0 Å². The Morgan fingerprint density at radius 1 is 1.35 bits per heavy atom. The first-order valence-corrected chi connectivity index (χ1v) is 7.70. The monoisotopic (exact) mass is 281 g/mol. The third-order valence-corrected chi connectivity index (χ3v) is 4.64. The zero-order valence-corrected chi connectivity index (χ0v) is 13.4. The molecule has 0 bridgehead atoms. The summed E-state index contributed by atoms with van der Waals surface area (Å²) in [5.41, 5.74) is -0.878. The van der Waals surface area contributed by atoms with Gasteiger partial charge in [-0.15, -0.1) is 0 Å². The first-order chi connectivity index (χ1) is 9.15. The molecule has 0 spiro atoms. The lowest BCUT2D eigenvalue weighted by atomic mass is 9.77. The molecule has 2 fully saturated rings. The van der Waals surface area contributed by atoms with Gasteiger partial charge in [-0.25, -0.2) is 4.79 Å². The molecule has 0 radical (unpaired) electrons. The lowest BCUT2D eigenvalue weighted by Crippen LogP contribution is -2.47. The van der Waals surface area contributed by atoms with Crippen molar-refractivity contribution >= 4 is 11.9 Å². The molecule has 4 nitrogen and oxygen atoms in total. The summed E-state index contributed by atoms with van der Waals surface area (Å²) in [4.78, 5) is 26.7. The summed E-state index contributed by atoms with van der Waals surface area (Å²) in [5.74, 6) is 0.318. The first kappa shape index (κ1) is 15.3. The second-order valence-corrected chi connectivity index (χ2v) is 7.54. The summed E-state index contributed by atoms with van der Waals surface area (Å²) in [6.07, 6.45) is 4.01. The van der Waals surface area contributed by atoms with Gasteiger partial charge in [-0.3, -0.25) is 4.79 Å². The van der Waals surface area contributed by atoms with Crippen LogP contribution in [0, 0.1) is 5.41 Å². The molecule has 4 heteroatoms. The average molecular weight is 281 g/mol. The van der Waals surface area contributed by atoms with Gasteiger partial charge in [-0.1, -0.05) is 13.3 Å². The van der Waals surface area contributed by atoms with Crippen molar-refractivity contribution in [2.45, 2.75) is 84.4 Å². The quantitative estimate of drug-likeness (QED) is 0.682.